The van der Waals surface area contributed by atoms with Gasteiger partial charge in [-0.15, -0.1) is 0 Å². The van der Waals surface area contributed by atoms with Gasteiger partial charge in [-0.2, -0.15) is 0 Å². The number of carbonyl (C=O) groups is 4. The number of rotatable bonds is 74. The van der Waals surface area contributed by atoms with Crippen LogP contribution in [0.25, 0.3) is 0 Å². The van der Waals surface area contributed by atoms with Crippen LogP contribution in [-0.4, -0.2) is 96.7 Å². The molecule has 0 heterocycles. The third kappa shape index (κ3) is 75.2. The van der Waals surface area contributed by atoms with Gasteiger partial charge in [0.25, 0.3) is 0 Å². The standard InChI is InChI=1S/C85H142O17P2/c1-5-9-13-17-21-25-29-33-35-37-39-41-43-47-49-53-57-61-65-69-82(87)95-75-80(101-84(89)71-67-63-59-55-51-45-31-27-23-19-15-11-7-3)77-99-103(91,92)97-73-79(86)74-98-104(93,94)100-78-81(102-85(90)72-68-64-60-56-52-46-32-28-24-20-16-12-8-4)76-96-83(88)70-66-62-58-54-50-48-44-42-40-38-36-34-30-26-22-18-14-10-6-2/h9,13,21-22,25-28,31-36,39-42,47-50,58,62,79-81,86H,5-8,10-12,14-20,23-24,29-30,37-38,43-46,51-57,59-61,63-78H2,1-4H3,(H,91,92)(H,93,94)/b13-9-,25-21-,26-22-,31-27-,32-28-,35-33-,36-34-,41-39-,42-40-,49-47-,50-48-,62-58-/t79-,80-,81-/m1/s1. The van der Waals surface area contributed by atoms with Gasteiger partial charge in [0.05, 0.1) is 26.4 Å². The Bertz CT molecular complexity index is 2540. The third-order valence-electron chi connectivity index (χ3n) is 16.3. The van der Waals surface area contributed by atoms with Gasteiger partial charge in [-0.3, -0.25) is 37.3 Å². The highest BCUT2D eigenvalue weighted by Crippen LogP contribution is 2.45. The van der Waals surface area contributed by atoms with Gasteiger partial charge in [-0.05, 0) is 161 Å². The fourth-order valence-electron chi connectivity index (χ4n) is 10.2. The van der Waals surface area contributed by atoms with E-state index in [0.29, 0.717) is 32.1 Å². The summed E-state index contributed by atoms with van der Waals surface area (Å²) in [4.78, 5) is 72.9. The lowest BCUT2D eigenvalue weighted by Gasteiger charge is -2.21. The van der Waals surface area contributed by atoms with Crippen molar-refractivity contribution in [1.29, 1.82) is 0 Å². The minimum Gasteiger partial charge on any atom is -0.462 e. The van der Waals surface area contributed by atoms with Crippen LogP contribution in [-0.2, 0) is 65.4 Å². The van der Waals surface area contributed by atoms with E-state index in [4.69, 9.17) is 37.0 Å². The smallest absolute Gasteiger partial charge is 0.462 e. The van der Waals surface area contributed by atoms with E-state index in [0.717, 1.165) is 154 Å². The number of phosphoric ester groups is 2. The Morgan fingerprint density at radius 1 is 0.279 bits per heavy atom. The Morgan fingerprint density at radius 3 is 0.865 bits per heavy atom. The van der Waals surface area contributed by atoms with Gasteiger partial charge in [0.1, 0.15) is 19.3 Å². The van der Waals surface area contributed by atoms with Crippen molar-refractivity contribution in [3.05, 3.63) is 146 Å². The van der Waals surface area contributed by atoms with E-state index >= 15 is 0 Å². The average Bonchev–Trinajstić information content (AvgIpc) is 0.913. The first-order valence-corrected chi connectivity index (χ1v) is 43.1. The molecule has 0 radical (unpaired) electrons. The molecule has 0 aliphatic carbocycles. The second-order valence-electron chi connectivity index (χ2n) is 26.3. The van der Waals surface area contributed by atoms with Crippen molar-refractivity contribution in [2.45, 2.75) is 329 Å². The van der Waals surface area contributed by atoms with E-state index in [1.54, 1.807) is 0 Å². The summed E-state index contributed by atoms with van der Waals surface area (Å²) in [5, 5.41) is 10.6. The quantitative estimate of drug-likeness (QED) is 0.0169. The van der Waals surface area contributed by atoms with Gasteiger partial charge in [-0.1, -0.05) is 270 Å². The Labute approximate surface area is 630 Å². The van der Waals surface area contributed by atoms with Gasteiger partial charge in [0.2, 0.25) is 0 Å². The summed E-state index contributed by atoms with van der Waals surface area (Å²) in [5.41, 5.74) is 0. The zero-order valence-corrected chi connectivity index (χ0v) is 66.7. The average molecular weight is 1500 g/mol. The highest BCUT2D eigenvalue weighted by molar-refractivity contribution is 7.47. The van der Waals surface area contributed by atoms with Crippen LogP contribution in [0.5, 0.6) is 0 Å². The Morgan fingerprint density at radius 2 is 0.519 bits per heavy atom. The van der Waals surface area contributed by atoms with Gasteiger partial charge in [-0.25, -0.2) is 9.13 Å². The molecule has 5 atom stereocenters. The van der Waals surface area contributed by atoms with Crippen LogP contribution in [0.2, 0.25) is 0 Å². The molecule has 0 aromatic heterocycles. The third-order valence-corrected chi connectivity index (χ3v) is 18.2. The van der Waals surface area contributed by atoms with Crippen LogP contribution in [0.15, 0.2) is 146 Å². The summed E-state index contributed by atoms with van der Waals surface area (Å²) in [6, 6.07) is 0. The first kappa shape index (κ1) is 98.9. The number of phosphoric acid groups is 2. The number of aliphatic hydroxyl groups excluding tert-OH is 1. The number of hydrogen-bond donors (Lipinski definition) is 3. The summed E-state index contributed by atoms with van der Waals surface area (Å²) in [7, 11) is -10.00. The van der Waals surface area contributed by atoms with Gasteiger partial charge in [0.15, 0.2) is 12.2 Å². The van der Waals surface area contributed by atoms with Crippen molar-refractivity contribution in [2.75, 3.05) is 39.6 Å². The number of esters is 4. The van der Waals surface area contributed by atoms with E-state index < -0.39 is 97.5 Å². The van der Waals surface area contributed by atoms with Crippen LogP contribution in [0, 0.1) is 0 Å². The first-order valence-electron chi connectivity index (χ1n) is 40.1. The van der Waals surface area contributed by atoms with E-state index in [2.05, 4.69) is 161 Å². The second-order valence-corrected chi connectivity index (χ2v) is 29.2. The van der Waals surface area contributed by atoms with Crippen LogP contribution >= 0.6 is 15.6 Å². The van der Waals surface area contributed by atoms with Crippen LogP contribution in [0.1, 0.15) is 310 Å². The highest BCUT2D eigenvalue weighted by atomic mass is 31.2. The summed E-state index contributed by atoms with van der Waals surface area (Å²) >= 11 is 0. The molecule has 19 heteroatoms. The van der Waals surface area contributed by atoms with E-state index in [-0.39, 0.29) is 25.7 Å². The molecule has 0 aliphatic heterocycles. The van der Waals surface area contributed by atoms with Crippen molar-refractivity contribution < 1.29 is 80.2 Å². The molecule has 17 nitrogen and oxygen atoms in total. The topological polar surface area (TPSA) is 237 Å². The molecule has 0 saturated carbocycles. The monoisotopic (exact) mass is 1500 g/mol. The second kappa shape index (κ2) is 76.1. The minimum absolute atomic E-state index is 0.0329. The molecule has 594 valence electrons. The van der Waals surface area contributed by atoms with Crippen molar-refractivity contribution in [1.82, 2.24) is 0 Å². The molecular formula is C85H142O17P2. The molecule has 0 fully saturated rings. The molecule has 0 bridgehead atoms. The lowest BCUT2D eigenvalue weighted by Crippen LogP contribution is -2.30. The normalized spacial score (nSPS) is 14.6. The summed E-state index contributed by atoms with van der Waals surface area (Å²) in [6.07, 6.45) is 87.0. The van der Waals surface area contributed by atoms with Gasteiger partial charge in [0, 0.05) is 25.7 Å². The van der Waals surface area contributed by atoms with Crippen LogP contribution < -0.4 is 0 Å². The number of hydrogen-bond acceptors (Lipinski definition) is 15. The first-order chi connectivity index (χ1) is 50.7. The maximum absolute atomic E-state index is 13.1. The summed E-state index contributed by atoms with van der Waals surface area (Å²) in [5.74, 6) is -2.33. The van der Waals surface area contributed by atoms with Crippen molar-refractivity contribution >= 4 is 39.5 Å². The maximum Gasteiger partial charge on any atom is 0.472 e. The number of allylic oxidation sites excluding steroid dienone is 24. The zero-order chi connectivity index (χ0) is 76.0. The summed E-state index contributed by atoms with van der Waals surface area (Å²) < 4.78 is 68.5. The zero-order valence-electron chi connectivity index (χ0n) is 64.9. The molecule has 0 amide bonds. The van der Waals surface area contributed by atoms with Crippen molar-refractivity contribution in [3.8, 4) is 0 Å². The molecule has 2 unspecified atom stereocenters. The van der Waals surface area contributed by atoms with E-state index in [1.165, 1.54) is 70.6 Å². The molecular weight excluding hydrogens is 1350 g/mol. The molecule has 0 saturated heterocycles. The van der Waals surface area contributed by atoms with Crippen molar-refractivity contribution in [3.63, 3.8) is 0 Å². The van der Waals surface area contributed by atoms with Crippen LogP contribution in [0.4, 0.5) is 0 Å². The van der Waals surface area contributed by atoms with E-state index in [1.807, 2.05) is 12.2 Å². The fraction of sp³-hybridized carbons (Fsp3) is 0.671. The molecule has 0 spiro atoms. The minimum atomic E-state index is -5.00. The van der Waals surface area contributed by atoms with Crippen LogP contribution in [0.3, 0.4) is 0 Å². The summed E-state index contributed by atoms with van der Waals surface area (Å²) in [6.45, 7) is 4.56. The molecule has 0 aromatic carbocycles. The number of carbonyl (C=O) groups excluding carboxylic acids is 4. The molecule has 3 N–H and O–H groups in total. The lowest BCUT2D eigenvalue weighted by molar-refractivity contribution is -0.161. The number of aliphatic hydroxyl groups is 1. The molecule has 0 rings (SSSR count). The lowest BCUT2D eigenvalue weighted by atomic mass is 10.1. The molecule has 104 heavy (non-hydrogen) atoms. The number of unbranched alkanes of at least 4 members (excludes halogenated alkanes) is 24. The SMILES string of the molecule is CC/C=C\C/C=C\C/C=C\C/C=C\C/C=C\CCCCCC(=O)OC[C@H](COP(=O)(O)OC[C@@H](O)COP(=O)(O)OC[C@@H](COC(=O)CC/C=C\C/C=C\C/C=C\C/C=C\C/C=C\CCCCC)OC(=O)CCCCCCC/C=C\CCCCCC)OC(=O)CCCCCCC/C=C\CCCCCC. The van der Waals surface area contributed by atoms with Crippen molar-refractivity contribution in [2.24, 2.45) is 0 Å². The fourth-order valence-corrected chi connectivity index (χ4v) is 11.7. The molecule has 0 aromatic rings. The van der Waals surface area contributed by atoms with E-state index in [9.17, 15) is 43.2 Å². The van der Waals surface area contributed by atoms with Gasteiger partial charge >= 0.3 is 39.5 Å². The Hall–Kier alpha value is -5.06. The molecule has 0 aliphatic rings. The Kier molecular flexibility index (Phi) is 72.4. The predicted octanol–water partition coefficient (Wildman–Crippen LogP) is 23.4. The predicted molar refractivity (Wildman–Crippen MR) is 427 cm³/mol. The number of ether oxygens (including phenoxy) is 4. The Balaban J connectivity index is 5.44. The largest absolute Gasteiger partial charge is 0.472 e. The highest BCUT2D eigenvalue weighted by Gasteiger charge is 2.30. The maximum atomic E-state index is 13.1. The van der Waals surface area contributed by atoms with Gasteiger partial charge < -0.3 is 33.8 Å².